The van der Waals surface area contributed by atoms with E-state index in [0.717, 1.165) is 27.8 Å². The highest BCUT2D eigenvalue weighted by Gasteiger charge is 2.48. The number of nitrogens with zero attached hydrogens (tertiary/aromatic N) is 1. The summed E-state index contributed by atoms with van der Waals surface area (Å²) in [6.07, 6.45) is -1.05. The quantitative estimate of drug-likeness (QED) is 0.389. The summed E-state index contributed by atoms with van der Waals surface area (Å²) in [5.74, 6) is -1.66. The standard InChI is InChI=1S/C32H33N3O6/c36-29(37)28-27(14-17-40-28)33-30(38)32(15-16-35(20-32)18-21-8-2-1-3-9-21)34-31(39)41-19-26-24-12-6-4-10-22(24)23-11-5-7-13-25(23)26/h1-13,26-28H,14-20H2,(H,33,38)(H,34,39)(H,36,37). The lowest BCUT2D eigenvalue weighted by molar-refractivity contribution is -0.148. The van der Waals surface area contributed by atoms with Gasteiger partial charge in [0.2, 0.25) is 5.91 Å². The van der Waals surface area contributed by atoms with Crippen molar-refractivity contribution >= 4 is 18.0 Å². The first-order valence-electron chi connectivity index (χ1n) is 14.0. The Bertz CT molecular complexity index is 1400. The highest BCUT2D eigenvalue weighted by atomic mass is 16.5. The normalized spacial score (nSPS) is 23.5. The van der Waals surface area contributed by atoms with E-state index in [9.17, 15) is 19.5 Å². The zero-order valence-electron chi connectivity index (χ0n) is 22.6. The number of benzene rings is 3. The first-order valence-corrected chi connectivity index (χ1v) is 14.0. The second-order valence-electron chi connectivity index (χ2n) is 11.0. The minimum atomic E-state index is -1.27. The van der Waals surface area contributed by atoms with Crippen LogP contribution in [0, 0.1) is 0 Å². The fraction of sp³-hybridized carbons (Fsp3) is 0.344. The molecule has 9 nitrogen and oxygen atoms in total. The van der Waals surface area contributed by atoms with E-state index in [-0.39, 0.29) is 25.7 Å². The van der Waals surface area contributed by atoms with Gasteiger partial charge in [0.1, 0.15) is 12.1 Å². The lowest BCUT2D eigenvalue weighted by atomic mass is 9.96. The number of nitrogens with one attached hydrogen (secondary N) is 2. The minimum Gasteiger partial charge on any atom is -0.479 e. The van der Waals surface area contributed by atoms with Gasteiger partial charge in [-0.25, -0.2) is 9.59 Å². The highest BCUT2D eigenvalue weighted by molar-refractivity contribution is 5.91. The van der Waals surface area contributed by atoms with Crippen molar-refractivity contribution in [2.24, 2.45) is 0 Å². The maximum Gasteiger partial charge on any atom is 0.408 e. The summed E-state index contributed by atoms with van der Waals surface area (Å²) in [7, 11) is 0. The Morgan fingerprint density at radius 3 is 2.29 bits per heavy atom. The molecule has 3 aromatic carbocycles. The molecule has 0 saturated carbocycles. The molecule has 0 aromatic heterocycles. The summed E-state index contributed by atoms with van der Waals surface area (Å²) >= 11 is 0. The number of fused-ring (bicyclic) bond motifs is 3. The third-order valence-electron chi connectivity index (χ3n) is 8.37. The number of carboxylic acid groups (broad SMARTS) is 1. The molecule has 3 atom stereocenters. The first kappa shape index (κ1) is 27.0. The summed E-state index contributed by atoms with van der Waals surface area (Å²) in [6.45, 7) is 1.84. The highest BCUT2D eigenvalue weighted by Crippen LogP contribution is 2.44. The number of hydrogen-bond acceptors (Lipinski definition) is 6. The molecule has 3 unspecified atom stereocenters. The molecule has 6 rings (SSSR count). The lowest BCUT2D eigenvalue weighted by Crippen LogP contribution is -2.62. The first-order chi connectivity index (χ1) is 19.9. The predicted molar refractivity (Wildman–Crippen MR) is 151 cm³/mol. The molecule has 0 radical (unpaired) electrons. The number of ether oxygens (including phenoxy) is 2. The van der Waals surface area contributed by atoms with Crippen LogP contribution in [0.4, 0.5) is 4.79 Å². The van der Waals surface area contributed by atoms with Crippen LogP contribution in [0.3, 0.4) is 0 Å². The van der Waals surface area contributed by atoms with E-state index in [1.807, 2.05) is 54.6 Å². The molecule has 9 heteroatoms. The molecule has 2 fully saturated rings. The van der Waals surface area contributed by atoms with Crippen LogP contribution < -0.4 is 10.6 Å². The van der Waals surface area contributed by atoms with Crippen LogP contribution in [0.15, 0.2) is 78.9 Å². The van der Waals surface area contributed by atoms with Gasteiger partial charge >= 0.3 is 12.1 Å². The summed E-state index contributed by atoms with van der Waals surface area (Å²) in [5, 5.41) is 15.3. The lowest BCUT2D eigenvalue weighted by Gasteiger charge is -2.31. The number of alkyl carbamates (subject to hydrolysis) is 1. The molecular weight excluding hydrogens is 522 g/mol. The Balaban J connectivity index is 1.18. The zero-order valence-corrected chi connectivity index (χ0v) is 22.6. The minimum absolute atomic E-state index is 0.108. The number of likely N-dealkylation sites (tertiary alicyclic amines) is 1. The molecule has 41 heavy (non-hydrogen) atoms. The van der Waals surface area contributed by atoms with Crippen molar-refractivity contribution in [3.8, 4) is 11.1 Å². The summed E-state index contributed by atoms with van der Waals surface area (Å²) < 4.78 is 11.1. The van der Waals surface area contributed by atoms with E-state index in [1.54, 1.807) is 0 Å². The van der Waals surface area contributed by atoms with Gasteiger partial charge in [-0.3, -0.25) is 9.69 Å². The molecule has 3 aliphatic rings. The van der Waals surface area contributed by atoms with Crippen LogP contribution in [-0.2, 0) is 25.6 Å². The molecule has 1 aliphatic carbocycles. The second kappa shape index (κ2) is 11.3. The van der Waals surface area contributed by atoms with Crippen molar-refractivity contribution in [3.05, 3.63) is 95.6 Å². The van der Waals surface area contributed by atoms with Gasteiger partial charge < -0.3 is 25.2 Å². The molecule has 0 bridgehead atoms. The molecule has 2 heterocycles. The van der Waals surface area contributed by atoms with Crippen LogP contribution in [-0.4, -0.2) is 72.0 Å². The van der Waals surface area contributed by atoms with E-state index >= 15 is 0 Å². The van der Waals surface area contributed by atoms with Crippen molar-refractivity contribution in [1.29, 1.82) is 0 Å². The summed E-state index contributed by atoms with van der Waals surface area (Å²) in [4.78, 5) is 40.8. The Kier molecular flexibility index (Phi) is 7.47. The van der Waals surface area contributed by atoms with Crippen LogP contribution in [0.5, 0.6) is 0 Å². The van der Waals surface area contributed by atoms with Crippen LogP contribution >= 0.6 is 0 Å². The van der Waals surface area contributed by atoms with Gasteiger partial charge in [0.05, 0.1) is 6.04 Å². The number of rotatable bonds is 8. The molecule has 212 valence electrons. The van der Waals surface area contributed by atoms with Crippen LogP contribution in [0.1, 0.15) is 35.4 Å². The van der Waals surface area contributed by atoms with E-state index in [2.05, 4.69) is 39.8 Å². The maximum atomic E-state index is 13.8. The van der Waals surface area contributed by atoms with Crippen molar-refractivity contribution in [3.63, 3.8) is 0 Å². The third-order valence-corrected chi connectivity index (χ3v) is 8.37. The van der Waals surface area contributed by atoms with Crippen molar-refractivity contribution < 1.29 is 29.0 Å². The molecule has 3 aromatic rings. The van der Waals surface area contributed by atoms with Crippen LogP contribution in [0.25, 0.3) is 11.1 Å². The molecule has 0 spiro atoms. The van der Waals surface area contributed by atoms with Gasteiger partial charge in [-0.1, -0.05) is 78.9 Å². The van der Waals surface area contributed by atoms with Gasteiger partial charge in [0.25, 0.3) is 0 Å². The predicted octanol–water partition coefficient (Wildman–Crippen LogP) is 3.53. The largest absolute Gasteiger partial charge is 0.479 e. The fourth-order valence-corrected chi connectivity index (χ4v) is 6.33. The zero-order chi connectivity index (χ0) is 28.4. The Morgan fingerprint density at radius 2 is 1.61 bits per heavy atom. The monoisotopic (exact) mass is 555 g/mol. The van der Waals surface area contributed by atoms with Crippen molar-refractivity contribution in [2.75, 3.05) is 26.3 Å². The Labute approximate surface area is 238 Å². The number of amides is 2. The fourth-order valence-electron chi connectivity index (χ4n) is 6.33. The topological polar surface area (TPSA) is 117 Å². The number of aliphatic carboxylic acids is 1. The molecule has 2 saturated heterocycles. The third kappa shape index (κ3) is 5.42. The van der Waals surface area contributed by atoms with E-state index in [1.165, 1.54) is 0 Å². The van der Waals surface area contributed by atoms with E-state index in [0.29, 0.717) is 25.9 Å². The molecule has 3 N–H and O–H groups in total. The number of hydrogen-bond donors (Lipinski definition) is 3. The SMILES string of the molecule is O=C(NC1(C(=O)NC2CCOC2C(=O)O)CCN(Cc2ccccc2)C1)OCC1c2ccccc2-c2ccccc21. The summed E-state index contributed by atoms with van der Waals surface area (Å²) in [6, 6.07) is 25.5. The van der Waals surface area contributed by atoms with Gasteiger partial charge in [-0.15, -0.1) is 0 Å². The van der Waals surface area contributed by atoms with Gasteiger partial charge in [-0.05, 0) is 40.7 Å². The average Bonchev–Trinajstić information content (AvgIpc) is 3.69. The average molecular weight is 556 g/mol. The maximum absolute atomic E-state index is 13.8. The number of carboxylic acids is 1. The van der Waals surface area contributed by atoms with Crippen molar-refractivity contribution in [1.82, 2.24) is 15.5 Å². The molecule has 2 aliphatic heterocycles. The van der Waals surface area contributed by atoms with Gasteiger partial charge in [0, 0.05) is 32.2 Å². The Morgan fingerprint density at radius 1 is 0.951 bits per heavy atom. The summed E-state index contributed by atoms with van der Waals surface area (Å²) in [5.41, 5.74) is 4.29. The molecule has 2 amide bonds. The Hall–Kier alpha value is -4.21. The van der Waals surface area contributed by atoms with Gasteiger partial charge in [-0.2, -0.15) is 0 Å². The van der Waals surface area contributed by atoms with E-state index < -0.39 is 35.7 Å². The van der Waals surface area contributed by atoms with Crippen molar-refractivity contribution in [2.45, 2.75) is 43.0 Å². The molecular formula is C32H33N3O6. The van der Waals surface area contributed by atoms with Crippen LogP contribution in [0.2, 0.25) is 0 Å². The number of carbonyl (C=O) groups is 3. The van der Waals surface area contributed by atoms with Gasteiger partial charge in [0.15, 0.2) is 6.10 Å². The number of carbonyl (C=O) groups excluding carboxylic acids is 2. The van der Waals surface area contributed by atoms with E-state index in [4.69, 9.17) is 9.47 Å². The smallest absolute Gasteiger partial charge is 0.408 e. The second-order valence-corrected chi connectivity index (χ2v) is 11.0.